The topological polar surface area (TPSA) is 55.8 Å². The number of carbonyl (C=O) groups is 2. The number of carbonyl (C=O) groups excluding carboxylic acids is 2. The van der Waals surface area contributed by atoms with Gasteiger partial charge in [0.25, 0.3) is 0 Å². The highest BCUT2D eigenvalue weighted by Crippen LogP contribution is 2.39. The Kier molecular flexibility index (Phi) is 5.06. The Morgan fingerprint density at radius 2 is 1.91 bits per heavy atom. The van der Waals surface area contributed by atoms with Crippen LogP contribution in [0.5, 0.6) is 0 Å². The summed E-state index contributed by atoms with van der Waals surface area (Å²) in [5, 5.41) is 0. The molecule has 1 aliphatic rings. The van der Waals surface area contributed by atoms with Crippen LogP contribution in [0.4, 0.5) is 4.79 Å². The molecule has 0 unspecified atom stereocenters. The highest BCUT2D eigenvalue weighted by Gasteiger charge is 2.57. The number of ether oxygens (including phenoxy) is 2. The summed E-state index contributed by atoms with van der Waals surface area (Å²) in [7, 11) is 0. The first-order chi connectivity index (χ1) is 10.5. The van der Waals surface area contributed by atoms with E-state index in [1.807, 2.05) is 44.2 Å². The van der Waals surface area contributed by atoms with Crippen LogP contribution in [0.25, 0.3) is 0 Å². The third kappa shape index (κ3) is 2.93. The minimum absolute atomic E-state index is 0.0235. The summed E-state index contributed by atoms with van der Waals surface area (Å²) in [5.74, 6) is -0.363. The normalized spacial score (nSPS) is 20.5. The summed E-state index contributed by atoms with van der Waals surface area (Å²) in [6.45, 7) is 6.64. The first-order valence-corrected chi connectivity index (χ1v) is 7.68. The van der Waals surface area contributed by atoms with E-state index in [9.17, 15) is 9.59 Å². The van der Waals surface area contributed by atoms with Gasteiger partial charge >= 0.3 is 12.1 Å². The number of likely N-dealkylation sites (tertiary alicyclic amines) is 1. The molecular weight excluding hydrogens is 282 g/mol. The van der Waals surface area contributed by atoms with Gasteiger partial charge in [-0.1, -0.05) is 44.2 Å². The number of hydrogen-bond acceptors (Lipinski definition) is 4. The number of benzene rings is 1. The quantitative estimate of drug-likeness (QED) is 0.785. The molecule has 1 fully saturated rings. The standard InChI is InChI=1S/C17H23NO4/c1-4-21-15(19)17(13(2)3)10-11-18(17)16(20)22-12-14-8-6-5-7-9-14/h5-9,13H,4,10-12H2,1-3H3/t17-/m0/s1. The van der Waals surface area contributed by atoms with Crippen LogP contribution in [-0.2, 0) is 20.9 Å². The molecule has 1 amide bonds. The Balaban J connectivity index is 2.03. The zero-order valence-corrected chi connectivity index (χ0v) is 13.4. The van der Waals surface area contributed by atoms with Gasteiger partial charge in [0.15, 0.2) is 0 Å². The maximum atomic E-state index is 12.3. The highest BCUT2D eigenvalue weighted by molar-refractivity contribution is 5.88. The van der Waals surface area contributed by atoms with Crippen molar-refractivity contribution in [3.05, 3.63) is 35.9 Å². The second kappa shape index (κ2) is 6.81. The molecule has 0 bridgehead atoms. The van der Waals surface area contributed by atoms with Crippen LogP contribution in [0.1, 0.15) is 32.8 Å². The maximum absolute atomic E-state index is 12.3. The monoisotopic (exact) mass is 305 g/mol. The maximum Gasteiger partial charge on any atom is 0.411 e. The van der Waals surface area contributed by atoms with Gasteiger partial charge in [0.05, 0.1) is 6.61 Å². The smallest absolute Gasteiger partial charge is 0.411 e. The summed E-state index contributed by atoms with van der Waals surface area (Å²) in [6.07, 6.45) is 0.154. The molecule has 1 aromatic carbocycles. The van der Waals surface area contributed by atoms with Gasteiger partial charge in [-0.05, 0) is 24.8 Å². The van der Waals surface area contributed by atoms with E-state index in [1.165, 1.54) is 4.90 Å². The fraction of sp³-hybridized carbons (Fsp3) is 0.529. The van der Waals surface area contributed by atoms with Gasteiger partial charge in [-0.2, -0.15) is 0 Å². The minimum atomic E-state index is -0.885. The van der Waals surface area contributed by atoms with Crippen LogP contribution in [0.15, 0.2) is 30.3 Å². The van der Waals surface area contributed by atoms with E-state index >= 15 is 0 Å². The molecule has 1 saturated heterocycles. The van der Waals surface area contributed by atoms with Crippen molar-refractivity contribution in [1.29, 1.82) is 0 Å². The molecule has 0 aliphatic carbocycles. The SMILES string of the molecule is CCOC(=O)[C@@]1(C(C)C)CCN1C(=O)OCc1ccccc1. The van der Waals surface area contributed by atoms with E-state index in [4.69, 9.17) is 9.47 Å². The molecule has 2 rings (SSSR count). The van der Waals surface area contributed by atoms with E-state index < -0.39 is 11.6 Å². The summed E-state index contributed by atoms with van der Waals surface area (Å²) >= 11 is 0. The Morgan fingerprint density at radius 3 is 2.41 bits per heavy atom. The molecule has 0 aromatic heterocycles. The first-order valence-electron chi connectivity index (χ1n) is 7.68. The van der Waals surface area contributed by atoms with E-state index in [2.05, 4.69) is 0 Å². The van der Waals surface area contributed by atoms with Crippen molar-refractivity contribution in [2.45, 2.75) is 39.3 Å². The molecule has 1 aromatic rings. The van der Waals surface area contributed by atoms with Gasteiger partial charge < -0.3 is 9.47 Å². The van der Waals surface area contributed by atoms with Gasteiger partial charge in [-0.25, -0.2) is 9.59 Å². The number of rotatable bonds is 5. The van der Waals surface area contributed by atoms with Gasteiger partial charge in [-0.15, -0.1) is 0 Å². The predicted molar refractivity (Wildman–Crippen MR) is 82.2 cm³/mol. The number of hydrogen-bond donors (Lipinski definition) is 0. The molecule has 120 valence electrons. The van der Waals surface area contributed by atoms with Crippen LogP contribution < -0.4 is 0 Å². The molecule has 1 atom stereocenters. The van der Waals surface area contributed by atoms with Crippen molar-refractivity contribution in [2.75, 3.05) is 13.2 Å². The third-order valence-corrected chi connectivity index (χ3v) is 4.21. The summed E-state index contributed by atoms with van der Waals surface area (Å²) < 4.78 is 10.5. The van der Waals surface area contributed by atoms with Gasteiger partial charge in [0.1, 0.15) is 12.1 Å². The van der Waals surface area contributed by atoms with Gasteiger partial charge in [-0.3, -0.25) is 4.90 Å². The number of nitrogens with zero attached hydrogens (tertiary/aromatic N) is 1. The van der Waals surface area contributed by atoms with Crippen molar-refractivity contribution in [3.63, 3.8) is 0 Å². The summed E-state index contributed by atoms with van der Waals surface area (Å²) in [6, 6.07) is 9.48. The molecule has 0 saturated carbocycles. The molecule has 5 heteroatoms. The van der Waals surface area contributed by atoms with Crippen LogP contribution in [0, 0.1) is 5.92 Å². The van der Waals surface area contributed by atoms with E-state index in [0.717, 1.165) is 5.56 Å². The summed E-state index contributed by atoms with van der Waals surface area (Å²) in [5.41, 5.74) is 0.0340. The van der Waals surface area contributed by atoms with Crippen molar-refractivity contribution >= 4 is 12.1 Å². The highest BCUT2D eigenvalue weighted by atomic mass is 16.6. The van der Waals surface area contributed by atoms with Crippen molar-refractivity contribution < 1.29 is 19.1 Å². The minimum Gasteiger partial charge on any atom is -0.464 e. The molecule has 0 N–H and O–H groups in total. The second-order valence-electron chi connectivity index (χ2n) is 5.74. The lowest BCUT2D eigenvalue weighted by Gasteiger charge is -2.51. The number of esters is 1. The third-order valence-electron chi connectivity index (χ3n) is 4.21. The van der Waals surface area contributed by atoms with Crippen molar-refractivity contribution in [3.8, 4) is 0 Å². The van der Waals surface area contributed by atoms with Crippen LogP contribution >= 0.6 is 0 Å². The fourth-order valence-corrected chi connectivity index (χ4v) is 2.82. The van der Waals surface area contributed by atoms with E-state index in [-0.39, 0.29) is 18.5 Å². The molecule has 22 heavy (non-hydrogen) atoms. The molecule has 1 heterocycles. The van der Waals surface area contributed by atoms with Crippen LogP contribution in [0.2, 0.25) is 0 Å². The molecule has 0 spiro atoms. The molecule has 5 nitrogen and oxygen atoms in total. The lowest BCUT2D eigenvalue weighted by atomic mass is 9.75. The Morgan fingerprint density at radius 1 is 1.23 bits per heavy atom. The van der Waals surface area contributed by atoms with Crippen LogP contribution in [-0.4, -0.2) is 35.7 Å². The average molecular weight is 305 g/mol. The van der Waals surface area contributed by atoms with Crippen molar-refractivity contribution in [2.24, 2.45) is 5.92 Å². The number of amides is 1. The average Bonchev–Trinajstić information content (AvgIpc) is 2.45. The Labute approximate surface area is 131 Å². The Bertz CT molecular complexity index is 529. The lowest BCUT2D eigenvalue weighted by molar-refractivity contribution is -0.170. The van der Waals surface area contributed by atoms with E-state index in [1.54, 1.807) is 6.92 Å². The van der Waals surface area contributed by atoms with Gasteiger partial charge in [0, 0.05) is 6.54 Å². The molecular formula is C17H23NO4. The second-order valence-corrected chi connectivity index (χ2v) is 5.74. The molecule has 1 aliphatic heterocycles. The zero-order valence-electron chi connectivity index (χ0n) is 13.4. The van der Waals surface area contributed by atoms with Crippen LogP contribution in [0.3, 0.4) is 0 Å². The van der Waals surface area contributed by atoms with Gasteiger partial charge in [0.2, 0.25) is 0 Å². The first kappa shape index (κ1) is 16.3. The largest absolute Gasteiger partial charge is 0.464 e. The summed E-state index contributed by atoms with van der Waals surface area (Å²) in [4.78, 5) is 26.1. The Hall–Kier alpha value is -2.04. The van der Waals surface area contributed by atoms with Crippen molar-refractivity contribution in [1.82, 2.24) is 4.90 Å². The fourth-order valence-electron chi connectivity index (χ4n) is 2.82. The lowest BCUT2D eigenvalue weighted by Crippen LogP contribution is -2.69. The van der Waals surface area contributed by atoms with E-state index in [0.29, 0.717) is 19.6 Å². The zero-order chi connectivity index (χ0) is 16.2. The molecule has 0 radical (unpaired) electrons. The predicted octanol–water partition coefficient (Wildman–Crippen LogP) is 2.99.